The maximum atomic E-state index is 11.7. The molecule has 1 fully saturated rings. The number of nitrogens with one attached hydrogen (secondary N) is 2. The lowest BCUT2D eigenvalue weighted by atomic mass is 10.0. The molecule has 0 aromatic rings. The first-order valence-electron chi connectivity index (χ1n) is 6.93. The number of carbonyl (C=O) groups is 2. The molecule has 1 rings (SSSR count). The van der Waals surface area contributed by atoms with Gasteiger partial charge in [-0.1, -0.05) is 19.8 Å². The van der Waals surface area contributed by atoms with E-state index in [-0.39, 0.29) is 6.10 Å². The van der Waals surface area contributed by atoms with E-state index in [0.29, 0.717) is 18.9 Å². The molecule has 19 heavy (non-hydrogen) atoms. The van der Waals surface area contributed by atoms with Crippen molar-refractivity contribution in [2.75, 3.05) is 13.2 Å². The summed E-state index contributed by atoms with van der Waals surface area (Å²) in [4.78, 5) is 22.6. The van der Waals surface area contributed by atoms with E-state index in [2.05, 4.69) is 10.6 Å². The fourth-order valence-corrected chi connectivity index (χ4v) is 2.14. The van der Waals surface area contributed by atoms with Crippen molar-refractivity contribution in [3.05, 3.63) is 0 Å². The summed E-state index contributed by atoms with van der Waals surface area (Å²) < 4.78 is 5.40. The largest absolute Gasteiger partial charge is 0.480 e. The van der Waals surface area contributed by atoms with Gasteiger partial charge in [-0.2, -0.15) is 0 Å². The van der Waals surface area contributed by atoms with E-state index in [4.69, 9.17) is 9.84 Å². The van der Waals surface area contributed by atoms with Gasteiger partial charge in [-0.05, 0) is 19.8 Å². The van der Waals surface area contributed by atoms with Gasteiger partial charge in [0.05, 0.1) is 6.10 Å². The smallest absolute Gasteiger partial charge is 0.326 e. The van der Waals surface area contributed by atoms with Crippen LogP contribution in [0.2, 0.25) is 0 Å². The van der Waals surface area contributed by atoms with Crippen LogP contribution in [0, 0.1) is 5.92 Å². The Kier molecular flexibility index (Phi) is 6.62. The minimum Gasteiger partial charge on any atom is -0.480 e. The number of amides is 2. The van der Waals surface area contributed by atoms with Gasteiger partial charge < -0.3 is 20.5 Å². The van der Waals surface area contributed by atoms with Crippen molar-refractivity contribution in [1.29, 1.82) is 0 Å². The van der Waals surface area contributed by atoms with E-state index < -0.39 is 18.0 Å². The van der Waals surface area contributed by atoms with Crippen LogP contribution in [0.5, 0.6) is 0 Å². The van der Waals surface area contributed by atoms with Crippen LogP contribution in [0.1, 0.15) is 39.5 Å². The van der Waals surface area contributed by atoms with Crippen molar-refractivity contribution in [3.8, 4) is 0 Å². The summed E-state index contributed by atoms with van der Waals surface area (Å²) in [5.74, 6) is -0.675. The first-order chi connectivity index (χ1) is 9.04. The normalized spacial score (nSPS) is 23.9. The maximum Gasteiger partial charge on any atom is 0.326 e. The molecule has 2 amide bonds. The molecule has 0 bridgehead atoms. The zero-order chi connectivity index (χ0) is 14.3. The van der Waals surface area contributed by atoms with Gasteiger partial charge in [0.15, 0.2) is 0 Å². The number of ether oxygens (including phenoxy) is 1. The first kappa shape index (κ1) is 15.8. The van der Waals surface area contributed by atoms with Gasteiger partial charge in [0.1, 0.15) is 6.04 Å². The Morgan fingerprint density at radius 2 is 2.21 bits per heavy atom. The number of aliphatic carboxylic acids is 1. The summed E-state index contributed by atoms with van der Waals surface area (Å²) in [6.45, 7) is 5.22. The zero-order valence-electron chi connectivity index (χ0n) is 11.6. The average molecular weight is 272 g/mol. The van der Waals surface area contributed by atoms with E-state index >= 15 is 0 Å². The van der Waals surface area contributed by atoms with Gasteiger partial charge in [-0.3, -0.25) is 0 Å². The summed E-state index contributed by atoms with van der Waals surface area (Å²) in [6.07, 6.45) is 3.23. The minimum atomic E-state index is -0.985. The lowest BCUT2D eigenvalue weighted by Gasteiger charge is -2.18. The molecule has 110 valence electrons. The van der Waals surface area contributed by atoms with E-state index in [0.717, 1.165) is 25.9 Å². The molecule has 0 spiro atoms. The highest BCUT2D eigenvalue weighted by Crippen LogP contribution is 2.19. The Balaban J connectivity index is 2.29. The molecule has 0 aromatic carbocycles. The van der Waals surface area contributed by atoms with Crippen LogP contribution in [-0.2, 0) is 9.53 Å². The van der Waals surface area contributed by atoms with Crippen LogP contribution in [-0.4, -0.2) is 42.4 Å². The number of carboxylic acids is 1. The van der Waals surface area contributed by atoms with Crippen LogP contribution in [0.25, 0.3) is 0 Å². The number of carbonyl (C=O) groups excluding carboxylic acids is 1. The number of unbranched alkanes of at least 4 members (excludes halogenated alkanes) is 1. The van der Waals surface area contributed by atoms with Gasteiger partial charge in [-0.15, -0.1) is 0 Å². The highest BCUT2D eigenvalue weighted by atomic mass is 16.5. The third kappa shape index (κ3) is 5.46. The summed E-state index contributed by atoms with van der Waals surface area (Å²) in [7, 11) is 0. The van der Waals surface area contributed by atoms with Crippen LogP contribution >= 0.6 is 0 Å². The van der Waals surface area contributed by atoms with Gasteiger partial charge in [0.25, 0.3) is 0 Å². The summed E-state index contributed by atoms with van der Waals surface area (Å²) in [6, 6.07) is -1.22. The molecule has 0 aromatic heterocycles. The van der Waals surface area contributed by atoms with Crippen LogP contribution in [0.3, 0.4) is 0 Å². The maximum absolute atomic E-state index is 11.7. The third-order valence-electron chi connectivity index (χ3n) is 3.51. The van der Waals surface area contributed by atoms with Crippen LogP contribution < -0.4 is 10.6 Å². The molecule has 3 atom stereocenters. The van der Waals surface area contributed by atoms with Crippen molar-refractivity contribution in [2.24, 2.45) is 5.92 Å². The average Bonchev–Trinajstić information content (AvgIpc) is 2.77. The van der Waals surface area contributed by atoms with Crippen molar-refractivity contribution >= 4 is 12.0 Å². The Bertz CT molecular complexity index is 309. The monoisotopic (exact) mass is 272 g/mol. The van der Waals surface area contributed by atoms with Crippen molar-refractivity contribution in [3.63, 3.8) is 0 Å². The predicted octanol–water partition coefficient (Wildman–Crippen LogP) is 1.35. The molecule has 3 unspecified atom stereocenters. The summed E-state index contributed by atoms with van der Waals surface area (Å²) in [5.41, 5.74) is 0. The van der Waals surface area contributed by atoms with Crippen molar-refractivity contribution in [2.45, 2.75) is 51.7 Å². The molecule has 3 N–H and O–H groups in total. The molecule has 1 aliphatic heterocycles. The molecular formula is C13H24N2O4. The fraction of sp³-hybridized carbons (Fsp3) is 0.846. The Morgan fingerprint density at radius 3 is 2.74 bits per heavy atom. The minimum absolute atomic E-state index is 0.149. The second-order valence-corrected chi connectivity index (χ2v) is 5.01. The number of carboxylic acid groups (broad SMARTS) is 1. The Hall–Kier alpha value is -1.30. The molecule has 1 aliphatic rings. The zero-order valence-corrected chi connectivity index (χ0v) is 11.6. The third-order valence-corrected chi connectivity index (χ3v) is 3.51. The standard InChI is InChI=1S/C13H24N2O4/c1-3-4-5-11(12(16)17)15-13(18)14-8-10-6-7-19-9(10)2/h9-11H,3-8H2,1-2H3,(H,16,17)(H2,14,15,18). The van der Waals surface area contributed by atoms with E-state index in [1.54, 1.807) is 0 Å². The van der Waals surface area contributed by atoms with E-state index in [9.17, 15) is 9.59 Å². The number of rotatable bonds is 7. The molecule has 6 heteroatoms. The van der Waals surface area contributed by atoms with E-state index in [1.165, 1.54) is 0 Å². The lowest BCUT2D eigenvalue weighted by molar-refractivity contribution is -0.139. The van der Waals surface area contributed by atoms with Crippen LogP contribution in [0.4, 0.5) is 4.79 Å². The molecule has 1 heterocycles. The Labute approximate surface area is 113 Å². The van der Waals surface area contributed by atoms with Crippen molar-refractivity contribution < 1.29 is 19.4 Å². The van der Waals surface area contributed by atoms with Crippen molar-refractivity contribution in [1.82, 2.24) is 10.6 Å². The van der Waals surface area contributed by atoms with Gasteiger partial charge in [0.2, 0.25) is 0 Å². The van der Waals surface area contributed by atoms with Gasteiger partial charge >= 0.3 is 12.0 Å². The molecule has 1 saturated heterocycles. The molecule has 6 nitrogen and oxygen atoms in total. The molecule has 0 saturated carbocycles. The molecular weight excluding hydrogens is 248 g/mol. The van der Waals surface area contributed by atoms with E-state index in [1.807, 2.05) is 13.8 Å². The SMILES string of the molecule is CCCCC(NC(=O)NCC1CCOC1C)C(=O)O. The first-order valence-corrected chi connectivity index (χ1v) is 6.93. The number of urea groups is 1. The summed E-state index contributed by atoms with van der Waals surface area (Å²) in [5, 5.41) is 14.2. The topological polar surface area (TPSA) is 87.7 Å². The second kappa shape index (κ2) is 7.99. The molecule has 0 radical (unpaired) electrons. The van der Waals surface area contributed by atoms with Crippen LogP contribution in [0.15, 0.2) is 0 Å². The quantitative estimate of drug-likeness (QED) is 0.653. The highest BCUT2D eigenvalue weighted by molar-refractivity contribution is 5.82. The lowest BCUT2D eigenvalue weighted by Crippen LogP contribution is -2.47. The predicted molar refractivity (Wildman–Crippen MR) is 71.0 cm³/mol. The summed E-state index contributed by atoms with van der Waals surface area (Å²) >= 11 is 0. The van der Waals surface area contributed by atoms with Gasteiger partial charge in [0, 0.05) is 19.1 Å². The highest BCUT2D eigenvalue weighted by Gasteiger charge is 2.25. The number of hydrogen-bond donors (Lipinski definition) is 3. The second-order valence-electron chi connectivity index (χ2n) is 5.01. The Morgan fingerprint density at radius 1 is 1.47 bits per heavy atom. The molecule has 0 aliphatic carbocycles. The van der Waals surface area contributed by atoms with Gasteiger partial charge in [-0.25, -0.2) is 9.59 Å². The number of hydrogen-bond acceptors (Lipinski definition) is 3. The fourth-order valence-electron chi connectivity index (χ4n) is 2.14.